The zero-order valence-electron chi connectivity index (χ0n) is 18.6. The minimum Gasteiger partial charge on any atom is -0.355 e. The predicted octanol–water partition coefficient (Wildman–Crippen LogP) is 5.62. The Balaban J connectivity index is 1.35. The van der Waals surface area contributed by atoms with Gasteiger partial charge >= 0.3 is 6.18 Å². The van der Waals surface area contributed by atoms with Crippen LogP contribution in [0.25, 0.3) is 6.08 Å². The maximum absolute atomic E-state index is 13.2. The zero-order chi connectivity index (χ0) is 23.6. The summed E-state index contributed by atoms with van der Waals surface area (Å²) in [5, 5.41) is 0.545. The lowest BCUT2D eigenvalue weighted by atomic mass is 9.78. The molecule has 0 saturated carbocycles. The lowest BCUT2D eigenvalue weighted by Crippen LogP contribution is -2.58. The molecule has 1 aromatic heterocycles. The zero-order valence-corrected chi connectivity index (χ0v) is 19.4. The maximum Gasteiger partial charge on any atom is 0.389 e. The highest BCUT2D eigenvalue weighted by molar-refractivity contribution is 7.99. The molecule has 2 fully saturated rings. The second-order valence-corrected chi connectivity index (χ2v) is 10.2. The van der Waals surface area contributed by atoms with Gasteiger partial charge in [-0.15, -0.1) is 11.8 Å². The number of rotatable bonds is 8. The fourth-order valence-corrected chi connectivity index (χ4v) is 5.85. The van der Waals surface area contributed by atoms with Gasteiger partial charge in [-0.25, -0.2) is 14.4 Å². The van der Waals surface area contributed by atoms with Crippen molar-refractivity contribution in [1.29, 1.82) is 0 Å². The first kappa shape index (κ1) is 24.0. The summed E-state index contributed by atoms with van der Waals surface area (Å²) in [5.74, 6) is 0.785. The van der Waals surface area contributed by atoms with Crippen LogP contribution in [0.5, 0.6) is 0 Å². The highest BCUT2D eigenvalue weighted by Gasteiger charge is 2.48. The summed E-state index contributed by atoms with van der Waals surface area (Å²) in [6.45, 7) is 10.7. The van der Waals surface area contributed by atoms with Gasteiger partial charge in [-0.05, 0) is 30.0 Å². The van der Waals surface area contributed by atoms with Gasteiger partial charge in [0.25, 0.3) is 0 Å². The molecule has 1 atom stereocenters. The molecule has 2 aliphatic heterocycles. The van der Waals surface area contributed by atoms with Crippen LogP contribution in [0, 0.1) is 11.2 Å². The molecule has 2 aromatic rings. The predicted molar refractivity (Wildman–Crippen MR) is 124 cm³/mol. The van der Waals surface area contributed by atoms with E-state index >= 15 is 0 Å². The molecule has 2 aliphatic rings. The monoisotopic (exact) mass is 480 g/mol. The van der Waals surface area contributed by atoms with Gasteiger partial charge in [0.15, 0.2) is 0 Å². The molecule has 1 unspecified atom stereocenters. The van der Waals surface area contributed by atoms with Gasteiger partial charge in [0, 0.05) is 49.5 Å². The van der Waals surface area contributed by atoms with Gasteiger partial charge in [0.1, 0.15) is 23.0 Å². The average Bonchev–Trinajstić information content (AvgIpc) is 3.18. The molecule has 1 aromatic carbocycles. The second kappa shape index (κ2) is 9.62. The summed E-state index contributed by atoms with van der Waals surface area (Å²) in [6, 6.07) is 6.71. The van der Waals surface area contributed by atoms with Gasteiger partial charge in [-0.1, -0.05) is 31.7 Å². The quantitative estimate of drug-likeness (QED) is 0.278. The SMILES string of the molecule is C=Cc1c(SCCC(F)(F)F)ncnc1N1CCC2(CN(CC(C)c3ccc(F)cc3)C2)C1. The summed E-state index contributed by atoms with van der Waals surface area (Å²) in [5.41, 5.74) is 2.05. The van der Waals surface area contributed by atoms with E-state index in [1.165, 1.54) is 18.5 Å². The van der Waals surface area contributed by atoms with E-state index in [1.54, 1.807) is 6.08 Å². The van der Waals surface area contributed by atoms with Crippen molar-refractivity contribution in [3.8, 4) is 0 Å². The van der Waals surface area contributed by atoms with Crippen LogP contribution in [0.1, 0.15) is 36.8 Å². The van der Waals surface area contributed by atoms with Crippen LogP contribution >= 0.6 is 11.8 Å². The Bertz CT molecular complexity index is 973. The summed E-state index contributed by atoms with van der Waals surface area (Å²) < 4.78 is 50.8. The van der Waals surface area contributed by atoms with Gasteiger partial charge < -0.3 is 9.80 Å². The van der Waals surface area contributed by atoms with Gasteiger partial charge in [0.05, 0.1) is 6.42 Å². The number of hydrogen-bond donors (Lipinski definition) is 0. The van der Waals surface area contributed by atoms with Crippen molar-refractivity contribution in [1.82, 2.24) is 14.9 Å². The van der Waals surface area contributed by atoms with Crippen LogP contribution in [-0.4, -0.2) is 59.5 Å². The topological polar surface area (TPSA) is 32.3 Å². The first-order chi connectivity index (χ1) is 15.7. The Morgan fingerprint density at radius 2 is 1.91 bits per heavy atom. The van der Waals surface area contributed by atoms with Crippen LogP contribution in [0.4, 0.5) is 23.4 Å². The van der Waals surface area contributed by atoms with Crippen molar-refractivity contribution < 1.29 is 17.6 Å². The normalized spacial score (nSPS) is 19.0. The van der Waals surface area contributed by atoms with Crippen molar-refractivity contribution in [2.75, 3.05) is 43.4 Å². The maximum atomic E-state index is 13.2. The number of likely N-dealkylation sites (tertiary alicyclic amines) is 1. The van der Waals surface area contributed by atoms with Gasteiger partial charge in [0.2, 0.25) is 0 Å². The van der Waals surface area contributed by atoms with E-state index in [4.69, 9.17) is 0 Å². The molecule has 0 radical (unpaired) electrons. The fourth-order valence-electron chi connectivity index (χ4n) is 4.87. The summed E-state index contributed by atoms with van der Waals surface area (Å²) >= 11 is 1.10. The molecule has 4 nitrogen and oxygen atoms in total. The molecule has 178 valence electrons. The third-order valence-corrected chi connectivity index (χ3v) is 7.49. The highest BCUT2D eigenvalue weighted by Crippen LogP contribution is 2.43. The van der Waals surface area contributed by atoms with E-state index in [-0.39, 0.29) is 17.0 Å². The number of anilines is 1. The Labute approximate surface area is 196 Å². The van der Waals surface area contributed by atoms with Crippen molar-refractivity contribution in [3.63, 3.8) is 0 Å². The molecule has 2 saturated heterocycles. The second-order valence-electron chi connectivity index (χ2n) is 9.13. The third-order valence-electron chi connectivity index (χ3n) is 6.48. The van der Waals surface area contributed by atoms with E-state index in [9.17, 15) is 17.6 Å². The smallest absolute Gasteiger partial charge is 0.355 e. The Morgan fingerprint density at radius 1 is 1.18 bits per heavy atom. The molecule has 4 rings (SSSR count). The minimum absolute atomic E-state index is 0.0774. The Hall–Kier alpha value is -2.13. The number of nitrogens with zero attached hydrogens (tertiary/aromatic N) is 4. The Kier molecular flexibility index (Phi) is 7.00. The molecule has 3 heterocycles. The highest BCUT2D eigenvalue weighted by atomic mass is 32.2. The molecule has 9 heteroatoms. The number of hydrogen-bond acceptors (Lipinski definition) is 5. The minimum atomic E-state index is -4.18. The molecular formula is C24H28F4N4S. The molecule has 33 heavy (non-hydrogen) atoms. The lowest BCUT2D eigenvalue weighted by molar-refractivity contribution is -0.129. The summed E-state index contributed by atoms with van der Waals surface area (Å²) in [4.78, 5) is 13.3. The van der Waals surface area contributed by atoms with Crippen molar-refractivity contribution in [2.45, 2.75) is 36.9 Å². The largest absolute Gasteiger partial charge is 0.389 e. The number of thioether (sulfide) groups is 1. The molecule has 0 bridgehead atoms. The number of alkyl halides is 3. The van der Waals surface area contributed by atoms with Gasteiger partial charge in [-0.2, -0.15) is 13.2 Å². The molecule has 0 amide bonds. The molecule has 1 spiro atoms. The van der Waals surface area contributed by atoms with Crippen LogP contribution in [0.2, 0.25) is 0 Å². The van der Waals surface area contributed by atoms with Crippen LogP contribution in [0.3, 0.4) is 0 Å². The first-order valence-corrected chi connectivity index (χ1v) is 12.1. The van der Waals surface area contributed by atoms with E-state index < -0.39 is 12.6 Å². The number of aromatic nitrogens is 2. The van der Waals surface area contributed by atoms with Gasteiger partial charge in [-0.3, -0.25) is 0 Å². The Morgan fingerprint density at radius 3 is 2.58 bits per heavy atom. The molecular weight excluding hydrogens is 452 g/mol. The van der Waals surface area contributed by atoms with E-state index in [0.717, 1.165) is 62.3 Å². The van der Waals surface area contributed by atoms with Crippen LogP contribution < -0.4 is 4.90 Å². The van der Waals surface area contributed by atoms with Crippen molar-refractivity contribution >= 4 is 23.7 Å². The summed E-state index contributed by atoms with van der Waals surface area (Å²) in [6.07, 6.45) is -0.907. The fraction of sp³-hybridized carbons (Fsp3) is 0.500. The molecule has 0 N–H and O–H groups in total. The third kappa shape index (κ3) is 5.69. The number of benzene rings is 1. The standard InChI is InChI=1S/C24H28F4N4S/c1-3-20-21(29-16-30-22(20)33-11-9-24(26,27)28)32-10-8-23(15-32)13-31(14-23)12-17(2)18-4-6-19(25)7-5-18/h3-7,16-17H,1,8-15H2,2H3. The first-order valence-electron chi connectivity index (χ1n) is 11.1. The summed E-state index contributed by atoms with van der Waals surface area (Å²) in [7, 11) is 0. The van der Waals surface area contributed by atoms with E-state index in [1.807, 2.05) is 12.1 Å². The van der Waals surface area contributed by atoms with Crippen molar-refractivity contribution in [2.24, 2.45) is 5.41 Å². The average molecular weight is 481 g/mol. The van der Waals surface area contributed by atoms with E-state index in [2.05, 4.69) is 33.3 Å². The van der Waals surface area contributed by atoms with Crippen LogP contribution in [0.15, 0.2) is 42.2 Å². The van der Waals surface area contributed by atoms with E-state index in [0.29, 0.717) is 16.5 Å². The van der Waals surface area contributed by atoms with Crippen LogP contribution in [-0.2, 0) is 0 Å². The number of halogens is 4. The lowest BCUT2D eigenvalue weighted by Gasteiger charge is -2.49. The van der Waals surface area contributed by atoms with Crippen molar-refractivity contribution in [3.05, 3.63) is 54.1 Å². The molecule has 0 aliphatic carbocycles.